The van der Waals surface area contributed by atoms with Gasteiger partial charge in [0, 0.05) is 12.4 Å². The monoisotopic (exact) mass is 334 g/mol. The maximum absolute atomic E-state index is 4.44. The van der Waals surface area contributed by atoms with Crippen LogP contribution in [0.1, 0.15) is 30.7 Å². The minimum absolute atomic E-state index is 0.489. The number of aryl methyl sites for hydroxylation is 2. The van der Waals surface area contributed by atoms with Crippen molar-refractivity contribution >= 4 is 31.9 Å². The van der Waals surface area contributed by atoms with Crippen molar-refractivity contribution in [2.45, 2.75) is 32.6 Å². The van der Waals surface area contributed by atoms with E-state index in [1.165, 1.54) is 29.4 Å². The van der Waals surface area contributed by atoms with Crippen molar-refractivity contribution < 1.29 is 0 Å². The Morgan fingerprint density at radius 1 is 1.47 bits per heavy atom. The highest BCUT2D eigenvalue weighted by Gasteiger charge is 2.37. The van der Waals surface area contributed by atoms with Gasteiger partial charge >= 0.3 is 0 Å². The molecule has 0 atom stereocenters. The van der Waals surface area contributed by atoms with Gasteiger partial charge in [0.15, 0.2) is 0 Å². The van der Waals surface area contributed by atoms with Gasteiger partial charge in [0.05, 0.1) is 15.9 Å². The number of rotatable bonds is 3. The van der Waals surface area contributed by atoms with Crippen LogP contribution >= 0.6 is 31.9 Å². The van der Waals surface area contributed by atoms with Crippen LogP contribution in [0.3, 0.4) is 0 Å². The summed E-state index contributed by atoms with van der Waals surface area (Å²) in [5, 5.41) is 5.55. The van der Waals surface area contributed by atoms with Crippen LogP contribution < -0.4 is 0 Å². The molecule has 0 saturated heterocycles. The maximum Gasteiger partial charge on any atom is 0.0738 e. The second-order valence-corrected chi connectivity index (χ2v) is 5.99. The molecule has 1 heterocycles. The Hall–Kier alpha value is 0.170. The van der Waals surface area contributed by atoms with Crippen LogP contribution in [0, 0.1) is 12.3 Å². The van der Waals surface area contributed by atoms with E-state index in [0.29, 0.717) is 5.41 Å². The molecule has 2 rings (SSSR count). The van der Waals surface area contributed by atoms with E-state index in [9.17, 15) is 0 Å². The Balaban J connectivity index is 2.23. The molecule has 0 amide bonds. The number of hydrogen-bond acceptors (Lipinski definition) is 1. The molecule has 0 radical (unpaired) electrons. The van der Waals surface area contributed by atoms with E-state index in [4.69, 9.17) is 0 Å². The molecule has 2 nitrogen and oxygen atoms in total. The van der Waals surface area contributed by atoms with Gasteiger partial charge in [-0.3, -0.25) is 4.68 Å². The fourth-order valence-corrected chi connectivity index (χ4v) is 3.50. The Morgan fingerprint density at radius 2 is 2.13 bits per heavy atom. The van der Waals surface area contributed by atoms with Gasteiger partial charge in [-0.2, -0.15) is 5.10 Å². The average Bonchev–Trinajstić information content (AvgIpc) is 2.37. The lowest BCUT2D eigenvalue weighted by Gasteiger charge is -2.40. The lowest BCUT2D eigenvalue weighted by Crippen LogP contribution is -2.34. The Bertz CT molecular complexity index is 361. The number of aromatic nitrogens is 2. The zero-order chi connectivity index (χ0) is 11.1. The number of nitrogens with zero attached hydrogens (tertiary/aromatic N) is 2. The molecule has 0 spiro atoms. The third kappa shape index (κ3) is 2.03. The lowest BCUT2D eigenvalue weighted by atomic mass is 9.67. The first-order chi connectivity index (χ1) is 7.08. The summed E-state index contributed by atoms with van der Waals surface area (Å²) in [4.78, 5) is 0. The highest BCUT2D eigenvalue weighted by molar-refractivity contribution is 9.10. The lowest BCUT2D eigenvalue weighted by molar-refractivity contribution is 0.166. The van der Waals surface area contributed by atoms with E-state index >= 15 is 0 Å². The standard InChI is InChI=1S/C11H16Br2N2/c1-8-10(13)9(15(2)14-8)6-11(7-12)4-3-5-11/h3-7H2,1-2H3. The fraction of sp³-hybridized carbons (Fsp3) is 0.727. The summed E-state index contributed by atoms with van der Waals surface area (Å²) in [6, 6.07) is 0. The molecule has 1 aromatic rings. The van der Waals surface area contributed by atoms with Crippen molar-refractivity contribution in [3.8, 4) is 0 Å². The molecule has 0 unspecified atom stereocenters. The summed E-state index contributed by atoms with van der Waals surface area (Å²) in [7, 11) is 2.04. The highest BCUT2D eigenvalue weighted by Crippen LogP contribution is 2.46. The number of alkyl halides is 1. The predicted octanol–water partition coefficient (Wildman–Crippen LogP) is 3.60. The van der Waals surface area contributed by atoms with E-state index in [-0.39, 0.29) is 0 Å². The van der Waals surface area contributed by atoms with Gasteiger partial charge in [0.1, 0.15) is 0 Å². The third-order valence-electron chi connectivity index (χ3n) is 3.50. The van der Waals surface area contributed by atoms with E-state index in [1.807, 2.05) is 11.7 Å². The highest BCUT2D eigenvalue weighted by atomic mass is 79.9. The van der Waals surface area contributed by atoms with Crippen LogP contribution in [-0.2, 0) is 13.5 Å². The van der Waals surface area contributed by atoms with Crippen LogP contribution in [0.5, 0.6) is 0 Å². The SMILES string of the molecule is Cc1nn(C)c(CC2(CBr)CCC2)c1Br. The van der Waals surface area contributed by atoms with Gasteiger partial charge in [0.2, 0.25) is 0 Å². The second kappa shape index (κ2) is 4.21. The zero-order valence-corrected chi connectivity index (χ0v) is 12.4. The first-order valence-electron chi connectivity index (χ1n) is 5.32. The average molecular weight is 336 g/mol. The van der Waals surface area contributed by atoms with Crippen molar-refractivity contribution in [3.63, 3.8) is 0 Å². The molecule has 0 bridgehead atoms. The quantitative estimate of drug-likeness (QED) is 0.772. The maximum atomic E-state index is 4.44. The van der Waals surface area contributed by atoms with E-state index in [2.05, 4.69) is 43.9 Å². The topological polar surface area (TPSA) is 17.8 Å². The Labute approximate surface area is 108 Å². The smallest absolute Gasteiger partial charge is 0.0738 e. The molecule has 15 heavy (non-hydrogen) atoms. The summed E-state index contributed by atoms with van der Waals surface area (Å²) in [5.41, 5.74) is 2.92. The first kappa shape index (κ1) is 11.6. The molecular weight excluding hydrogens is 320 g/mol. The van der Waals surface area contributed by atoms with Crippen LogP contribution in [0.4, 0.5) is 0 Å². The molecule has 1 fully saturated rings. The van der Waals surface area contributed by atoms with Crippen molar-refractivity contribution in [1.29, 1.82) is 0 Å². The van der Waals surface area contributed by atoms with Crippen LogP contribution in [0.25, 0.3) is 0 Å². The van der Waals surface area contributed by atoms with Crippen LogP contribution in [0.15, 0.2) is 4.47 Å². The summed E-state index contributed by atoms with van der Waals surface area (Å²) in [6.45, 7) is 2.05. The molecule has 84 valence electrons. The van der Waals surface area contributed by atoms with Crippen LogP contribution in [-0.4, -0.2) is 15.1 Å². The summed E-state index contributed by atoms with van der Waals surface area (Å²) < 4.78 is 3.21. The van der Waals surface area contributed by atoms with Crippen molar-refractivity contribution in [2.75, 3.05) is 5.33 Å². The molecule has 0 aromatic carbocycles. The first-order valence-corrected chi connectivity index (χ1v) is 7.23. The fourth-order valence-electron chi connectivity index (χ4n) is 2.26. The van der Waals surface area contributed by atoms with Crippen LogP contribution in [0.2, 0.25) is 0 Å². The normalized spacial score (nSPS) is 18.9. The number of hydrogen-bond donors (Lipinski definition) is 0. The van der Waals surface area contributed by atoms with Gasteiger partial charge in [0.25, 0.3) is 0 Å². The Morgan fingerprint density at radius 3 is 2.47 bits per heavy atom. The Kier molecular flexibility index (Phi) is 3.27. The minimum atomic E-state index is 0.489. The second-order valence-electron chi connectivity index (χ2n) is 4.63. The molecule has 0 N–H and O–H groups in total. The van der Waals surface area contributed by atoms with Gasteiger partial charge in [-0.15, -0.1) is 0 Å². The van der Waals surface area contributed by atoms with Crippen molar-refractivity contribution in [2.24, 2.45) is 12.5 Å². The molecule has 1 aromatic heterocycles. The van der Waals surface area contributed by atoms with E-state index in [0.717, 1.165) is 17.4 Å². The van der Waals surface area contributed by atoms with Gasteiger partial charge < -0.3 is 0 Å². The largest absolute Gasteiger partial charge is 0.271 e. The van der Waals surface area contributed by atoms with E-state index in [1.54, 1.807) is 0 Å². The molecular formula is C11H16Br2N2. The molecule has 1 saturated carbocycles. The predicted molar refractivity (Wildman–Crippen MR) is 69.4 cm³/mol. The molecule has 1 aliphatic rings. The third-order valence-corrected chi connectivity index (χ3v) is 5.72. The number of halogens is 2. The summed E-state index contributed by atoms with van der Waals surface area (Å²) in [6.07, 6.45) is 5.19. The molecule has 0 aliphatic heterocycles. The summed E-state index contributed by atoms with van der Waals surface area (Å²) >= 11 is 7.29. The molecule has 4 heteroatoms. The van der Waals surface area contributed by atoms with Crippen molar-refractivity contribution in [1.82, 2.24) is 9.78 Å². The van der Waals surface area contributed by atoms with E-state index < -0.39 is 0 Å². The van der Waals surface area contributed by atoms with Gasteiger partial charge in [-0.05, 0) is 47.5 Å². The van der Waals surface area contributed by atoms with Gasteiger partial charge in [-0.25, -0.2) is 0 Å². The zero-order valence-electron chi connectivity index (χ0n) is 9.19. The molecule has 1 aliphatic carbocycles. The minimum Gasteiger partial charge on any atom is -0.271 e. The summed E-state index contributed by atoms with van der Waals surface area (Å²) in [5.74, 6) is 0. The van der Waals surface area contributed by atoms with Gasteiger partial charge in [-0.1, -0.05) is 22.4 Å². The van der Waals surface area contributed by atoms with Crippen molar-refractivity contribution in [3.05, 3.63) is 15.9 Å².